The van der Waals surface area contributed by atoms with Gasteiger partial charge >= 0.3 is 0 Å². The number of fused-ring (bicyclic) bond motifs is 1. The van der Waals surface area contributed by atoms with E-state index in [9.17, 15) is 0 Å². The summed E-state index contributed by atoms with van der Waals surface area (Å²) in [5, 5.41) is 0. The van der Waals surface area contributed by atoms with Crippen LogP contribution in [0.3, 0.4) is 0 Å². The Labute approximate surface area is 110 Å². The van der Waals surface area contributed by atoms with E-state index < -0.39 is 0 Å². The standard InChI is InChI=1S/C15H24N2O/c1-4-12(16)9-17-10-13(5-2)18-15-7-6-11(3)8-14(15)17/h6-8,12-13H,4-5,9-10,16H2,1-3H3. The van der Waals surface area contributed by atoms with Crippen molar-refractivity contribution in [2.45, 2.75) is 45.8 Å². The first kappa shape index (κ1) is 13.2. The lowest BCUT2D eigenvalue weighted by atomic mass is 10.1. The first-order chi connectivity index (χ1) is 8.63. The van der Waals surface area contributed by atoms with Crippen LogP contribution >= 0.6 is 0 Å². The second-order valence-electron chi connectivity index (χ2n) is 5.19. The fraction of sp³-hybridized carbons (Fsp3) is 0.600. The molecule has 0 bridgehead atoms. The van der Waals surface area contributed by atoms with Crippen LogP contribution in [0.4, 0.5) is 5.69 Å². The fourth-order valence-electron chi connectivity index (χ4n) is 2.33. The molecular weight excluding hydrogens is 224 g/mol. The molecule has 18 heavy (non-hydrogen) atoms. The number of nitrogens with zero attached hydrogens (tertiary/aromatic N) is 1. The summed E-state index contributed by atoms with van der Waals surface area (Å²) in [6.45, 7) is 8.28. The number of hydrogen-bond donors (Lipinski definition) is 1. The van der Waals surface area contributed by atoms with E-state index in [4.69, 9.17) is 10.5 Å². The van der Waals surface area contributed by atoms with Gasteiger partial charge in [-0.1, -0.05) is 19.9 Å². The van der Waals surface area contributed by atoms with Gasteiger partial charge in [0.1, 0.15) is 11.9 Å². The molecule has 0 saturated carbocycles. The van der Waals surface area contributed by atoms with Crippen LogP contribution in [0.15, 0.2) is 18.2 Å². The van der Waals surface area contributed by atoms with Gasteiger partial charge in [-0.2, -0.15) is 0 Å². The molecule has 100 valence electrons. The van der Waals surface area contributed by atoms with Crippen molar-refractivity contribution in [1.29, 1.82) is 0 Å². The summed E-state index contributed by atoms with van der Waals surface area (Å²) in [5.74, 6) is 1.00. The van der Waals surface area contributed by atoms with Crippen molar-refractivity contribution >= 4 is 5.69 Å². The predicted molar refractivity (Wildman–Crippen MR) is 76.4 cm³/mol. The SMILES string of the molecule is CCC(N)CN1CC(CC)Oc2ccc(C)cc21. The normalized spacial score (nSPS) is 20.2. The smallest absolute Gasteiger partial charge is 0.143 e. The molecular formula is C15H24N2O. The molecule has 0 amide bonds. The van der Waals surface area contributed by atoms with E-state index >= 15 is 0 Å². The third-order valence-electron chi connectivity index (χ3n) is 3.61. The Bertz CT molecular complexity index is 405. The molecule has 1 aliphatic rings. The minimum atomic E-state index is 0.231. The predicted octanol–water partition coefficient (Wildman–Crippen LogP) is 2.71. The van der Waals surface area contributed by atoms with Crippen molar-refractivity contribution in [2.75, 3.05) is 18.0 Å². The Morgan fingerprint density at radius 3 is 2.89 bits per heavy atom. The summed E-state index contributed by atoms with van der Waals surface area (Å²) in [6, 6.07) is 6.61. The maximum absolute atomic E-state index is 6.10. The third-order valence-corrected chi connectivity index (χ3v) is 3.61. The fourth-order valence-corrected chi connectivity index (χ4v) is 2.33. The molecule has 2 unspecified atom stereocenters. The van der Waals surface area contributed by atoms with Gasteiger partial charge in [-0.15, -0.1) is 0 Å². The van der Waals surface area contributed by atoms with Gasteiger partial charge in [0.05, 0.1) is 12.2 Å². The summed E-state index contributed by atoms with van der Waals surface area (Å²) in [6.07, 6.45) is 2.32. The molecule has 0 radical (unpaired) electrons. The summed E-state index contributed by atoms with van der Waals surface area (Å²) in [7, 11) is 0. The van der Waals surface area contributed by atoms with Crippen LogP contribution < -0.4 is 15.4 Å². The molecule has 2 N–H and O–H groups in total. The molecule has 1 aromatic carbocycles. The number of rotatable bonds is 4. The van der Waals surface area contributed by atoms with E-state index in [0.717, 1.165) is 31.7 Å². The molecule has 0 fully saturated rings. The van der Waals surface area contributed by atoms with E-state index in [1.165, 1.54) is 11.3 Å². The highest BCUT2D eigenvalue weighted by molar-refractivity contribution is 5.61. The van der Waals surface area contributed by atoms with Crippen molar-refractivity contribution in [3.05, 3.63) is 23.8 Å². The first-order valence-electron chi connectivity index (χ1n) is 6.91. The minimum absolute atomic E-state index is 0.231. The second kappa shape index (κ2) is 5.61. The highest BCUT2D eigenvalue weighted by Crippen LogP contribution is 2.34. The van der Waals surface area contributed by atoms with Crippen LogP contribution in [0.25, 0.3) is 0 Å². The van der Waals surface area contributed by atoms with Gasteiger partial charge in [0.15, 0.2) is 0 Å². The average Bonchev–Trinajstić information content (AvgIpc) is 2.38. The van der Waals surface area contributed by atoms with Crippen molar-refractivity contribution < 1.29 is 4.74 Å². The van der Waals surface area contributed by atoms with E-state index in [-0.39, 0.29) is 12.1 Å². The topological polar surface area (TPSA) is 38.5 Å². The van der Waals surface area contributed by atoms with Gasteiger partial charge in [-0.05, 0) is 37.5 Å². The maximum atomic E-state index is 6.10. The quantitative estimate of drug-likeness (QED) is 0.890. The number of ether oxygens (including phenoxy) is 1. The van der Waals surface area contributed by atoms with E-state index in [0.29, 0.717) is 0 Å². The molecule has 3 nitrogen and oxygen atoms in total. The van der Waals surface area contributed by atoms with Crippen molar-refractivity contribution in [3.63, 3.8) is 0 Å². The number of nitrogens with two attached hydrogens (primary N) is 1. The van der Waals surface area contributed by atoms with Crippen molar-refractivity contribution in [1.82, 2.24) is 0 Å². The van der Waals surface area contributed by atoms with Crippen molar-refractivity contribution in [2.24, 2.45) is 5.73 Å². The molecule has 2 atom stereocenters. The Balaban J connectivity index is 2.26. The van der Waals surface area contributed by atoms with Crippen LogP contribution in [0.5, 0.6) is 5.75 Å². The number of aryl methyl sites for hydroxylation is 1. The van der Waals surface area contributed by atoms with Crippen LogP contribution in [0.2, 0.25) is 0 Å². The van der Waals surface area contributed by atoms with Crippen molar-refractivity contribution in [3.8, 4) is 5.75 Å². The Hall–Kier alpha value is -1.22. The molecule has 0 saturated heterocycles. The van der Waals surface area contributed by atoms with Gasteiger partial charge in [0.2, 0.25) is 0 Å². The largest absolute Gasteiger partial charge is 0.486 e. The zero-order valence-electron chi connectivity index (χ0n) is 11.6. The molecule has 2 rings (SSSR count). The highest BCUT2D eigenvalue weighted by Gasteiger charge is 2.25. The number of benzene rings is 1. The molecule has 3 heteroatoms. The first-order valence-corrected chi connectivity index (χ1v) is 6.91. The van der Waals surface area contributed by atoms with E-state index in [2.05, 4.69) is 43.9 Å². The Kier molecular flexibility index (Phi) is 4.12. The monoisotopic (exact) mass is 248 g/mol. The zero-order chi connectivity index (χ0) is 13.1. The lowest BCUT2D eigenvalue weighted by Gasteiger charge is -2.37. The summed E-state index contributed by atoms with van der Waals surface area (Å²) >= 11 is 0. The third kappa shape index (κ3) is 2.78. The zero-order valence-corrected chi connectivity index (χ0v) is 11.6. The van der Waals surface area contributed by atoms with Crippen LogP contribution in [-0.2, 0) is 0 Å². The van der Waals surface area contributed by atoms with Gasteiger partial charge in [0, 0.05) is 12.6 Å². The van der Waals surface area contributed by atoms with Gasteiger partial charge in [-0.3, -0.25) is 0 Å². The highest BCUT2D eigenvalue weighted by atomic mass is 16.5. The molecule has 1 heterocycles. The summed E-state index contributed by atoms with van der Waals surface area (Å²) in [4.78, 5) is 2.38. The summed E-state index contributed by atoms with van der Waals surface area (Å²) < 4.78 is 6.00. The van der Waals surface area contributed by atoms with E-state index in [1.54, 1.807) is 0 Å². The number of hydrogen-bond acceptors (Lipinski definition) is 3. The molecule has 0 aromatic heterocycles. The number of anilines is 1. The summed E-state index contributed by atoms with van der Waals surface area (Å²) in [5.41, 5.74) is 8.57. The molecule has 0 spiro atoms. The maximum Gasteiger partial charge on any atom is 0.143 e. The molecule has 0 aliphatic carbocycles. The van der Waals surface area contributed by atoms with Crippen LogP contribution in [0, 0.1) is 6.92 Å². The second-order valence-corrected chi connectivity index (χ2v) is 5.19. The van der Waals surface area contributed by atoms with E-state index in [1.807, 2.05) is 0 Å². The van der Waals surface area contributed by atoms with Crippen LogP contribution in [0.1, 0.15) is 32.3 Å². The van der Waals surface area contributed by atoms with Gasteiger partial charge in [0.25, 0.3) is 0 Å². The lowest BCUT2D eigenvalue weighted by molar-refractivity contribution is 0.188. The Morgan fingerprint density at radius 1 is 1.44 bits per heavy atom. The molecule has 1 aliphatic heterocycles. The van der Waals surface area contributed by atoms with Gasteiger partial charge < -0.3 is 15.4 Å². The minimum Gasteiger partial charge on any atom is -0.486 e. The average molecular weight is 248 g/mol. The molecule has 1 aromatic rings. The van der Waals surface area contributed by atoms with Crippen LogP contribution in [-0.4, -0.2) is 25.2 Å². The Morgan fingerprint density at radius 2 is 2.22 bits per heavy atom. The van der Waals surface area contributed by atoms with Gasteiger partial charge in [-0.25, -0.2) is 0 Å². The lowest BCUT2D eigenvalue weighted by Crippen LogP contribution is -2.45.